The number of hydrogen-bond acceptors (Lipinski definition) is 2. The van der Waals surface area contributed by atoms with Crippen LogP contribution in [-0.2, 0) is 4.79 Å². The van der Waals surface area contributed by atoms with E-state index in [4.69, 9.17) is 0 Å². The summed E-state index contributed by atoms with van der Waals surface area (Å²) >= 11 is 0. The van der Waals surface area contributed by atoms with Gasteiger partial charge in [-0.15, -0.1) is 0 Å². The second-order valence-corrected chi connectivity index (χ2v) is 3.64. The van der Waals surface area contributed by atoms with E-state index in [2.05, 4.69) is 5.32 Å². The first-order valence-electron chi connectivity index (χ1n) is 4.73. The third kappa shape index (κ3) is 3.32. The lowest BCUT2D eigenvalue weighted by Crippen LogP contribution is -2.37. The number of hydrogen-bond donors (Lipinski definition) is 1. The molecule has 0 unspecified atom stereocenters. The second kappa shape index (κ2) is 4.89. The van der Waals surface area contributed by atoms with E-state index in [9.17, 15) is 9.18 Å². The van der Waals surface area contributed by atoms with Crippen molar-refractivity contribution < 1.29 is 9.18 Å². The lowest BCUT2D eigenvalue weighted by Gasteiger charge is -2.18. The first-order chi connectivity index (χ1) is 7.00. The molecule has 15 heavy (non-hydrogen) atoms. The summed E-state index contributed by atoms with van der Waals surface area (Å²) in [6.07, 6.45) is 0. The van der Waals surface area contributed by atoms with Crippen LogP contribution < -0.4 is 5.32 Å². The number of amides is 1. The number of halogens is 1. The summed E-state index contributed by atoms with van der Waals surface area (Å²) in [4.78, 5) is 13.4. The molecule has 1 N–H and O–H groups in total. The second-order valence-electron chi connectivity index (χ2n) is 3.64. The first-order valence-corrected chi connectivity index (χ1v) is 4.73. The Morgan fingerprint density at radius 3 is 2.33 bits per heavy atom. The van der Waals surface area contributed by atoms with E-state index < -0.39 is 0 Å². The van der Waals surface area contributed by atoms with Gasteiger partial charge in [-0.1, -0.05) is 0 Å². The van der Waals surface area contributed by atoms with Crippen LogP contribution in [0.4, 0.5) is 10.1 Å². The summed E-state index contributed by atoms with van der Waals surface area (Å²) < 4.78 is 12.6. The zero-order chi connectivity index (χ0) is 11.4. The lowest BCUT2D eigenvalue weighted by atomic mass is 10.2. The molecule has 1 aromatic carbocycles. The number of nitrogens with zero attached hydrogens (tertiary/aromatic N) is 1. The van der Waals surface area contributed by atoms with Gasteiger partial charge in [0.25, 0.3) is 0 Å². The Kier molecular flexibility index (Phi) is 3.80. The molecule has 1 atom stereocenters. The number of rotatable bonds is 3. The molecule has 0 saturated heterocycles. The minimum Gasteiger partial charge on any atom is -0.325 e. The normalized spacial score (nSPS) is 12.6. The topological polar surface area (TPSA) is 32.3 Å². The third-order valence-electron chi connectivity index (χ3n) is 2.27. The number of nitrogens with one attached hydrogen (secondary N) is 1. The van der Waals surface area contributed by atoms with E-state index in [-0.39, 0.29) is 17.8 Å². The summed E-state index contributed by atoms with van der Waals surface area (Å²) in [6.45, 7) is 1.80. The van der Waals surface area contributed by atoms with Gasteiger partial charge in [-0.25, -0.2) is 4.39 Å². The Labute approximate surface area is 88.9 Å². The zero-order valence-electron chi connectivity index (χ0n) is 9.12. The van der Waals surface area contributed by atoms with Crippen molar-refractivity contribution in [3.8, 4) is 0 Å². The van der Waals surface area contributed by atoms with Crippen LogP contribution in [0.3, 0.4) is 0 Å². The van der Waals surface area contributed by atoms with Crippen LogP contribution in [-0.4, -0.2) is 30.9 Å². The maximum Gasteiger partial charge on any atom is 0.241 e. The van der Waals surface area contributed by atoms with Crippen LogP contribution in [0, 0.1) is 5.82 Å². The molecule has 0 aromatic heterocycles. The van der Waals surface area contributed by atoms with Gasteiger partial charge < -0.3 is 5.32 Å². The Morgan fingerprint density at radius 1 is 1.33 bits per heavy atom. The number of carbonyl (C=O) groups is 1. The van der Waals surface area contributed by atoms with E-state index in [1.165, 1.54) is 24.3 Å². The standard InChI is InChI=1S/C11H15FN2O/c1-8(14(2)3)11(15)13-10-6-4-9(12)5-7-10/h4-8H,1-3H3,(H,13,15)/t8-/m0/s1. The molecular weight excluding hydrogens is 195 g/mol. The summed E-state index contributed by atoms with van der Waals surface area (Å²) in [5, 5.41) is 2.70. The smallest absolute Gasteiger partial charge is 0.241 e. The molecule has 0 aliphatic carbocycles. The molecule has 0 fully saturated rings. The van der Waals surface area contributed by atoms with E-state index in [0.29, 0.717) is 5.69 Å². The van der Waals surface area contributed by atoms with E-state index in [0.717, 1.165) is 0 Å². The van der Waals surface area contributed by atoms with Crippen molar-refractivity contribution in [2.45, 2.75) is 13.0 Å². The number of anilines is 1. The van der Waals surface area contributed by atoms with Gasteiger partial charge in [-0.3, -0.25) is 9.69 Å². The summed E-state index contributed by atoms with van der Waals surface area (Å²) in [7, 11) is 3.66. The van der Waals surface area contributed by atoms with Crippen molar-refractivity contribution in [2.24, 2.45) is 0 Å². The van der Waals surface area contributed by atoms with Gasteiger partial charge in [0.15, 0.2) is 0 Å². The van der Waals surface area contributed by atoms with Crippen molar-refractivity contribution in [2.75, 3.05) is 19.4 Å². The summed E-state index contributed by atoms with van der Waals surface area (Å²) in [6, 6.07) is 5.49. The fourth-order valence-electron chi connectivity index (χ4n) is 1.01. The summed E-state index contributed by atoms with van der Waals surface area (Å²) in [5.74, 6) is -0.416. The van der Waals surface area contributed by atoms with Gasteiger partial charge in [0.05, 0.1) is 6.04 Å². The van der Waals surface area contributed by atoms with Gasteiger partial charge >= 0.3 is 0 Å². The molecule has 4 heteroatoms. The minimum absolute atomic E-state index is 0.105. The maximum absolute atomic E-state index is 12.6. The van der Waals surface area contributed by atoms with Crippen molar-refractivity contribution in [3.05, 3.63) is 30.1 Å². The van der Waals surface area contributed by atoms with Crippen LogP contribution >= 0.6 is 0 Å². The molecule has 1 amide bonds. The predicted octanol–water partition coefficient (Wildman–Crippen LogP) is 1.71. The fourth-order valence-corrected chi connectivity index (χ4v) is 1.01. The van der Waals surface area contributed by atoms with Crippen molar-refractivity contribution >= 4 is 11.6 Å². The Bertz CT molecular complexity index is 335. The zero-order valence-corrected chi connectivity index (χ0v) is 9.12. The van der Waals surface area contributed by atoms with Crippen LogP contribution in [0.1, 0.15) is 6.92 Å². The molecule has 0 heterocycles. The van der Waals surface area contributed by atoms with Crippen LogP contribution in [0.25, 0.3) is 0 Å². The molecule has 1 aromatic rings. The third-order valence-corrected chi connectivity index (χ3v) is 2.27. The summed E-state index contributed by atoms with van der Waals surface area (Å²) in [5.41, 5.74) is 0.607. The van der Waals surface area contributed by atoms with Crippen LogP contribution in [0.15, 0.2) is 24.3 Å². The predicted molar refractivity (Wildman–Crippen MR) is 58.2 cm³/mol. The van der Waals surface area contributed by atoms with E-state index in [1.807, 2.05) is 14.1 Å². The molecule has 0 aliphatic heterocycles. The molecule has 3 nitrogen and oxygen atoms in total. The van der Waals surface area contributed by atoms with Gasteiger partial charge in [0.1, 0.15) is 5.82 Å². The molecule has 1 rings (SSSR count). The Balaban J connectivity index is 2.62. The average Bonchev–Trinajstić information content (AvgIpc) is 2.20. The first kappa shape index (κ1) is 11.7. The van der Waals surface area contributed by atoms with Gasteiger partial charge in [-0.2, -0.15) is 0 Å². The highest BCUT2D eigenvalue weighted by molar-refractivity contribution is 5.94. The maximum atomic E-state index is 12.6. The average molecular weight is 210 g/mol. The Hall–Kier alpha value is -1.42. The molecular formula is C11H15FN2O. The number of carbonyl (C=O) groups excluding carboxylic acids is 1. The Morgan fingerprint density at radius 2 is 1.87 bits per heavy atom. The largest absolute Gasteiger partial charge is 0.325 e. The SMILES string of the molecule is C[C@@H](C(=O)Nc1ccc(F)cc1)N(C)C. The van der Waals surface area contributed by atoms with Gasteiger partial charge in [-0.05, 0) is 45.3 Å². The van der Waals surface area contributed by atoms with Crippen molar-refractivity contribution in [1.82, 2.24) is 4.90 Å². The molecule has 0 radical (unpaired) electrons. The quantitative estimate of drug-likeness (QED) is 0.823. The minimum atomic E-state index is -0.311. The molecule has 0 aliphatic rings. The van der Waals surface area contributed by atoms with Crippen LogP contribution in [0.2, 0.25) is 0 Å². The number of likely N-dealkylation sites (N-methyl/N-ethyl adjacent to an activating group) is 1. The van der Waals surface area contributed by atoms with Gasteiger partial charge in [0.2, 0.25) is 5.91 Å². The molecule has 0 saturated carbocycles. The molecule has 0 bridgehead atoms. The van der Waals surface area contributed by atoms with Gasteiger partial charge in [0, 0.05) is 5.69 Å². The van der Waals surface area contributed by atoms with E-state index in [1.54, 1.807) is 11.8 Å². The fraction of sp³-hybridized carbons (Fsp3) is 0.364. The molecule has 0 spiro atoms. The van der Waals surface area contributed by atoms with Crippen molar-refractivity contribution in [1.29, 1.82) is 0 Å². The monoisotopic (exact) mass is 210 g/mol. The van der Waals surface area contributed by atoms with E-state index >= 15 is 0 Å². The number of benzene rings is 1. The molecule has 82 valence electrons. The highest BCUT2D eigenvalue weighted by atomic mass is 19.1. The van der Waals surface area contributed by atoms with Crippen molar-refractivity contribution in [3.63, 3.8) is 0 Å². The van der Waals surface area contributed by atoms with Crippen LogP contribution in [0.5, 0.6) is 0 Å². The lowest BCUT2D eigenvalue weighted by molar-refractivity contribution is -0.119. The highest BCUT2D eigenvalue weighted by Crippen LogP contribution is 2.09. The highest BCUT2D eigenvalue weighted by Gasteiger charge is 2.14.